The van der Waals surface area contributed by atoms with E-state index in [0.717, 1.165) is 5.56 Å². The molecule has 4 heteroatoms. The Morgan fingerprint density at radius 2 is 1.79 bits per heavy atom. The molecule has 1 amide bonds. The van der Waals surface area contributed by atoms with Crippen LogP contribution in [0.5, 0.6) is 0 Å². The van der Waals surface area contributed by atoms with Crippen molar-refractivity contribution in [3.63, 3.8) is 0 Å². The van der Waals surface area contributed by atoms with E-state index in [2.05, 4.69) is 5.32 Å². The fourth-order valence-electron chi connectivity index (χ4n) is 1.66. The van der Waals surface area contributed by atoms with Crippen LogP contribution in [0.15, 0.2) is 48.5 Å². The van der Waals surface area contributed by atoms with Gasteiger partial charge in [-0.1, -0.05) is 42.0 Å². The van der Waals surface area contributed by atoms with Crippen LogP contribution in [0.4, 0.5) is 10.1 Å². The first-order valence-electron chi connectivity index (χ1n) is 5.88. The number of amides is 1. The summed E-state index contributed by atoms with van der Waals surface area (Å²) in [4.78, 5) is 11.8. The molecule has 0 saturated heterocycles. The maximum Gasteiger partial charge on any atom is 0.257 e. The fourth-order valence-corrected chi connectivity index (χ4v) is 1.66. The van der Waals surface area contributed by atoms with Crippen molar-refractivity contribution < 1.29 is 14.3 Å². The van der Waals surface area contributed by atoms with E-state index in [9.17, 15) is 14.3 Å². The lowest BCUT2D eigenvalue weighted by molar-refractivity contribution is -0.124. The third kappa shape index (κ3) is 3.17. The van der Waals surface area contributed by atoms with Crippen molar-refractivity contribution in [2.75, 3.05) is 5.32 Å². The lowest BCUT2D eigenvalue weighted by Gasteiger charge is -2.12. The van der Waals surface area contributed by atoms with Crippen LogP contribution in [-0.2, 0) is 4.79 Å². The summed E-state index contributed by atoms with van der Waals surface area (Å²) in [5, 5.41) is 12.3. The largest absolute Gasteiger partial charge is 0.378 e. The molecule has 2 aromatic rings. The first-order chi connectivity index (χ1) is 9.08. The zero-order valence-corrected chi connectivity index (χ0v) is 10.4. The van der Waals surface area contributed by atoms with Gasteiger partial charge in [-0.05, 0) is 24.6 Å². The van der Waals surface area contributed by atoms with Gasteiger partial charge in [-0.2, -0.15) is 0 Å². The molecule has 0 aliphatic carbocycles. The van der Waals surface area contributed by atoms with E-state index in [-0.39, 0.29) is 5.69 Å². The molecule has 0 bridgehead atoms. The standard InChI is InChI=1S/C15H14FNO2/c1-10-6-8-11(9-7-10)14(18)15(19)17-13-5-3-2-4-12(13)16/h2-9,14,18H,1H3,(H,17,19). The van der Waals surface area contributed by atoms with Crippen molar-refractivity contribution in [2.45, 2.75) is 13.0 Å². The maximum atomic E-state index is 13.4. The number of carbonyl (C=O) groups is 1. The Balaban J connectivity index is 2.12. The average molecular weight is 259 g/mol. The summed E-state index contributed by atoms with van der Waals surface area (Å²) in [6.45, 7) is 1.91. The molecule has 0 radical (unpaired) electrons. The minimum Gasteiger partial charge on any atom is -0.378 e. The van der Waals surface area contributed by atoms with Crippen LogP contribution in [0.2, 0.25) is 0 Å². The highest BCUT2D eigenvalue weighted by Gasteiger charge is 2.18. The predicted octanol–water partition coefficient (Wildman–Crippen LogP) is 2.81. The number of para-hydroxylation sites is 1. The van der Waals surface area contributed by atoms with Gasteiger partial charge in [-0.15, -0.1) is 0 Å². The van der Waals surface area contributed by atoms with Crippen molar-refractivity contribution >= 4 is 11.6 Å². The lowest BCUT2D eigenvalue weighted by Crippen LogP contribution is -2.21. The third-order valence-corrected chi connectivity index (χ3v) is 2.77. The first-order valence-corrected chi connectivity index (χ1v) is 5.88. The SMILES string of the molecule is Cc1ccc(C(O)C(=O)Nc2ccccc2F)cc1. The Bertz CT molecular complexity index is 581. The second kappa shape index (κ2) is 5.63. The maximum absolute atomic E-state index is 13.4. The minimum atomic E-state index is -1.32. The van der Waals surface area contributed by atoms with Gasteiger partial charge in [0.1, 0.15) is 5.82 Å². The molecular weight excluding hydrogens is 245 g/mol. The number of aryl methyl sites for hydroxylation is 1. The number of anilines is 1. The molecule has 2 rings (SSSR count). The Labute approximate surface area is 110 Å². The molecular formula is C15H14FNO2. The van der Waals surface area contributed by atoms with Crippen molar-refractivity contribution in [3.8, 4) is 0 Å². The van der Waals surface area contributed by atoms with E-state index in [4.69, 9.17) is 0 Å². The molecule has 0 aromatic heterocycles. The highest BCUT2D eigenvalue weighted by Crippen LogP contribution is 2.18. The Hall–Kier alpha value is -2.20. The van der Waals surface area contributed by atoms with E-state index < -0.39 is 17.8 Å². The molecule has 1 atom stereocenters. The molecule has 2 aromatic carbocycles. The fraction of sp³-hybridized carbons (Fsp3) is 0.133. The van der Waals surface area contributed by atoms with Crippen molar-refractivity contribution in [2.24, 2.45) is 0 Å². The number of hydrogen-bond acceptors (Lipinski definition) is 2. The predicted molar refractivity (Wildman–Crippen MR) is 71.2 cm³/mol. The summed E-state index contributed by atoms with van der Waals surface area (Å²) in [5.41, 5.74) is 1.56. The second-order valence-electron chi connectivity index (χ2n) is 4.28. The molecule has 0 aliphatic heterocycles. The molecule has 2 N–H and O–H groups in total. The summed E-state index contributed by atoms with van der Waals surface area (Å²) in [5.74, 6) is -1.19. The molecule has 0 aliphatic rings. The summed E-state index contributed by atoms with van der Waals surface area (Å²) in [6, 6.07) is 12.8. The van der Waals surface area contributed by atoms with Crippen molar-refractivity contribution in [3.05, 3.63) is 65.5 Å². The van der Waals surface area contributed by atoms with Crippen molar-refractivity contribution in [1.82, 2.24) is 0 Å². The van der Waals surface area contributed by atoms with Gasteiger partial charge in [0.05, 0.1) is 5.69 Å². The average Bonchev–Trinajstić information content (AvgIpc) is 2.41. The number of benzene rings is 2. The third-order valence-electron chi connectivity index (χ3n) is 2.77. The van der Waals surface area contributed by atoms with Gasteiger partial charge in [0.2, 0.25) is 0 Å². The summed E-state index contributed by atoms with van der Waals surface area (Å²) in [7, 11) is 0. The van der Waals surface area contributed by atoms with Gasteiger partial charge in [0.25, 0.3) is 5.91 Å². The molecule has 19 heavy (non-hydrogen) atoms. The quantitative estimate of drug-likeness (QED) is 0.890. The topological polar surface area (TPSA) is 49.3 Å². The number of hydrogen-bond donors (Lipinski definition) is 2. The van der Waals surface area contributed by atoms with E-state index in [0.29, 0.717) is 5.56 Å². The van der Waals surface area contributed by atoms with E-state index in [1.165, 1.54) is 18.2 Å². The van der Waals surface area contributed by atoms with Gasteiger partial charge in [0, 0.05) is 0 Å². The number of nitrogens with one attached hydrogen (secondary N) is 1. The number of halogens is 1. The van der Waals surface area contributed by atoms with E-state index >= 15 is 0 Å². The van der Waals surface area contributed by atoms with Crippen LogP contribution >= 0.6 is 0 Å². The Kier molecular flexibility index (Phi) is 3.92. The summed E-state index contributed by atoms with van der Waals surface area (Å²) in [6.07, 6.45) is -1.32. The van der Waals surface area contributed by atoms with E-state index in [1.807, 2.05) is 6.92 Å². The number of rotatable bonds is 3. The molecule has 98 valence electrons. The summed E-state index contributed by atoms with van der Waals surface area (Å²) >= 11 is 0. The zero-order valence-electron chi connectivity index (χ0n) is 10.4. The number of carbonyl (C=O) groups excluding carboxylic acids is 1. The van der Waals surface area contributed by atoms with Gasteiger partial charge >= 0.3 is 0 Å². The van der Waals surface area contributed by atoms with Gasteiger partial charge in [-0.3, -0.25) is 4.79 Å². The highest BCUT2D eigenvalue weighted by molar-refractivity contribution is 5.94. The lowest BCUT2D eigenvalue weighted by atomic mass is 10.1. The van der Waals surface area contributed by atoms with Crippen molar-refractivity contribution in [1.29, 1.82) is 0 Å². The first kappa shape index (κ1) is 13.2. The number of aliphatic hydroxyl groups excluding tert-OH is 1. The van der Waals surface area contributed by atoms with Crippen LogP contribution < -0.4 is 5.32 Å². The molecule has 0 spiro atoms. The van der Waals surface area contributed by atoms with Crippen LogP contribution in [0, 0.1) is 12.7 Å². The normalized spacial score (nSPS) is 11.9. The second-order valence-corrected chi connectivity index (χ2v) is 4.28. The molecule has 0 saturated carbocycles. The summed E-state index contributed by atoms with van der Waals surface area (Å²) < 4.78 is 13.4. The van der Waals surface area contributed by atoms with Gasteiger partial charge in [0.15, 0.2) is 6.10 Å². The molecule has 0 heterocycles. The monoisotopic (exact) mass is 259 g/mol. The van der Waals surface area contributed by atoms with Crippen LogP contribution in [0.1, 0.15) is 17.2 Å². The number of aliphatic hydroxyl groups is 1. The van der Waals surface area contributed by atoms with E-state index in [1.54, 1.807) is 30.3 Å². The minimum absolute atomic E-state index is 0.0543. The van der Waals surface area contributed by atoms with Crippen LogP contribution in [0.3, 0.4) is 0 Å². The molecule has 3 nitrogen and oxygen atoms in total. The zero-order chi connectivity index (χ0) is 13.8. The molecule has 1 unspecified atom stereocenters. The van der Waals surface area contributed by atoms with Gasteiger partial charge < -0.3 is 10.4 Å². The molecule has 0 fully saturated rings. The Morgan fingerprint density at radius 3 is 2.42 bits per heavy atom. The van der Waals surface area contributed by atoms with Crippen LogP contribution in [-0.4, -0.2) is 11.0 Å². The van der Waals surface area contributed by atoms with Crippen LogP contribution in [0.25, 0.3) is 0 Å². The Morgan fingerprint density at radius 1 is 1.16 bits per heavy atom. The van der Waals surface area contributed by atoms with Gasteiger partial charge in [-0.25, -0.2) is 4.39 Å². The smallest absolute Gasteiger partial charge is 0.257 e. The highest BCUT2D eigenvalue weighted by atomic mass is 19.1.